The molecule has 0 saturated carbocycles. The van der Waals surface area contributed by atoms with Gasteiger partial charge in [-0.05, 0) is 0 Å². The molecule has 3 heterocycles. The zero-order valence-corrected chi connectivity index (χ0v) is 17.3. The Hall–Kier alpha value is -0.560. The molecule has 0 amide bonds. The molecular formula is C18H34NO13+. The van der Waals surface area contributed by atoms with Crippen molar-refractivity contribution in [2.45, 2.75) is 73.6 Å². The van der Waals surface area contributed by atoms with Crippen LogP contribution in [0.2, 0.25) is 0 Å². The average Bonchev–Trinajstić information content (AvgIpc) is 2.79. The number of ether oxygens (including phenoxy) is 4. The molecule has 13 atom stereocenters. The van der Waals surface area contributed by atoms with E-state index in [4.69, 9.17) is 18.9 Å². The lowest BCUT2D eigenvalue weighted by atomic mass is 9.93. The summed E-state index contributed by atoms with van der Waals surface area (Å²) in [6, 6.07) is 0. The van der Waals surface area contributed by atoms with Crippen molar-refractivity contribution in [2.75, 3.05) is 32.9 Å². The van der Waals surface area contributed by atoms with E-state index in [1.54, 1.807) is 5.32 Å². The lowest BCUT2D eigenvalue weighted by Crippen LogP contribution is -2.92. The van der Waals surface area contributed by atoms with Crippen LogP contribution in [0.15, 0.2) is 0 Å². The predicted octanol–water partition coefficient (Wildman–Crippen LogP) is -7.46. The molecule has 3 aliphatic rings. The highest BCUT2D eigenvalue weighted by Crippen LogP contribution is 2.30. The van der Waals surface area contributed by atoms with Crippen LogP contribution in [0.5, 0.6) is 0 Å². The number of hydrogen-bond acceptors (Lipinski definition) is 13. The first-order valence-corrected chi connectivity index (χ1v) is 10.6. The predicted molar refractivity (Wildman–Crippen MR) is 99.5 cm³/mol. The third-order valence-electron chi connectivity index (χ3n) is 6.21. The Balaban J connectivity index is 1.70. The van der Waals surface area contributed by atoms with Crippen molar-refractivity contribution < 1.29 is 70.2 Å². The molecular weight excluding hydrogens is 438 g/mol. The minimum atomic E-state index is -1.76. The van der Waals surface area contributed by atoms with Crippen LogP contribution in [0.4, 0.5) is 0 Å². The number of rotatable bonds is 7. The number of quaternary nitrogens is 1. The van der Waals surface area contributed by atoms with Gasteiger partial charge in [0.1, 0.15) is 67.6 Å². The molecule has 0 spiro atoms. The van der Waals surface area contributed by atoms with Crippen molar-refractivity contribution in [2.24, 2.45) is 5.92 Å². The molecule has 0 aromatic heterocycles. The fourth-order valence-corrected chi connectivity index (χ4v) is 4.27. The second kappa shape index (κ2) is 11.2. The third-order valence-corrected chi connectivity index (χ3v) is 6.21. The van der Waals surface area contributed by atoms with Gasteiger partial charge < -0.3 is 70.2 Å². The molecule has 0 aromatic rings. The summed E-state index contributed by atoms with van der Waals surface area (Å²) in [6.07, 6.45) is -17.4. The molecule has 188 valence electrons. The molecule has 0 radical (unpaired) electrons. The van der Waals surface area contributed by atoms with E-state index in [-0.39, 0.29) is 6.61 Å². The Bertz CT molecular complexity index is 583. The lowest BCUT2D eigenvalue weighted by molar-refractivity contribution is -0.681. The normalized spacial score (nSPS) is 50.3. The molecule has 3 fully saturated rings. The maximum atomic E-state index is 10.6. The SMILES string of the molecule is OC[C@H]1C[NH2+]C[C@@H](O)[C@@H]1O[C@@H]1O[C@H](CO)[C@@H](O[C@@H]2O[C@H](CO)[C@@H](O)[C@H](O)[C@H]2O)[C@H](O)[C@H]1O. The van der Waals surface area contributed by atoms with Crippen molar-refractivity contribution in [3.8, 4) is 0 Å². The maximum Gasteiger partial charge on any atom is 0.187 e. The van der Waals surface area contributed by atoms with Gasteiger partial charge in [-0.25, -0.2) is 0 Å². The van der Waals surface area contributed by atoms with E-state index in [1.165, 1.54) is 0 Å². The smallest absolute Gasteiger partial charge is 0.187 e. The van der Waals surface area contributed by atoms with Gasteiger partial charge in [-0.15, -0.1) is 0 Å². The second-order valence-corrected chi connectivity index (χ2v) is 8.38. The molecule has 0 aromatic carbocycles. The van der Waals surface area contributed by atoms with Crippen molar-refractivity contribution in [3.05, 3.63) is 0 Å². The Labute approximate surface area is 183 Å². The minimum absolute atomic E-state index is 0.282. The van der Waals surface area contributed by atoms with Gasteiger partial charge in [-0.3, -0.25) is 0 Å². The fraction of sp³-hybridized carbons (Fsp3) is 1.00. The van der Waals surface area contributed by atoms with Gasteiger partial charge >= 0.3 is 0 Å². The molecule has 14 nitrogen and oxygen atoms in total. The first kappa shape index (κ1) is 26.1. The van der Waals surface area contributed by atoms with E-state index in [9.17, 15) is 46.0 Å². The van der Waals surface area contributed by atoms with Crippen LogP contribution in [0, 0.1) is 5.92 Å². The van der Waals surface area contributed by atoms with Gasteiger partial charge in [0, 0.05) is 0 Å². The summed E-state index contributed by atoms with van der Waals surface area (Å²) in [5, 5.41) is 91.7. The number of hydrogen-bond donors (Lipinski definition) is 10. The largest absolute Gasteiger partial charge is 0.396 e. The summed E-state index contributed by atoms with van der Waals surface area (Å²) in [6.45, 7) is -0.898. The summed E-state index contributed by atoms with van der Waals surface area (Å²) >= 11 is 0. The molecule has 0 bridgehead atoms. The van der Waals surface area contributed by atoms with Gasteiger partial charge in [0.15, 0.2) is 12.6 Å². The number of aliphatic hydroxyl groups is 9. The summed E-state index contributed by atoms with van der Waals surface area (Å²) in [4.78, 5) is 0. The van der Waals surface area contributed by atoms with Crippen molar-refractivity contribution >= 4 is 0 Å². The summed E-state index contributed by atoms with van der Waals surface area (Å²) in [5.41, 5.74) is 0. The Morgan fingerprint density at radius 2 is 1.19 bits per heavy atom. The zero-order chi connectivity index (χ0) is 23.6. The number of nitrogens with two attached hydrogens (primary N) is 1. The van der Waals surface area contributed by atoms with Crippen LogP contribution in [0.1, 0.15) is 0 Å². The van der Waals surface area contributed by atoms with Gasteiger partial charge in [0.25, 0.3) is 0 Å². The minimum Gasteiger partial charge on any atom is -0.396 e. The highest BCUT2D eigenvalue weighted by molar-refractivity contribution is 4.94. The highest BCUT2D eigenvalue weighted by atomic mass is 16.7. The maximum absolute atomic E-state index is 10.6. The Morgan fingerprint density at radius 3 is 1.78 bits per heavy atom. The molecule has 3 aliphatic heterocycles. The van der Waals surface area contributed by atoms with Crippen LogP contribution in [-0.4, -0.2) is 152 Å². The first-order chi connectivity index (χ1) is 15.2. The molecule has 0 aliphatic carbocycles. The van der Waals surface area contributed by atoms with E-state index in [0.717, 1.165) is 0 Å². The standard InChI is InChI=1S/C18H33NO13/c20-3-6-1-19-2-7(23)15(6)31-18-14(28)12(26)16(9(5-22)30-18)32-17-13(27)11(25)10(24)8(4-21)29-17/h6-28H,1-5H2/p+1/t6-,7-,8-,9-,10-,11+,12-,13-,14-,15-,16-,17+,18+/m1/s1. The van der Waals surface area contributed by atoms with E-state index in [0.29, 0.717) is 13.1 Å². The third kappa shape index (κ3) is 5.24. The van der Waals surface area contributed by atoms with Gasteiger partial charge in [0.05, 0.1) is 32.3 Å². The van der Waals surface area contributed by atoms with Crippen LogP contribution >= 0.6 is 0 Å². The van der Waals surface area contributed by atoms with Crippen LogP contribution in [-0.2, 0) is 18.9 Å². The van der Waals surface area contributed by atoms with Gasteiger partial charge in [-0.2, -0.15) is 0 Å². The molecule has 3 saturated heterocycles. The van der Waals surface area contributed by atoms with E-state index >= 15 is 0 Å². The van der Waals surface area contributed by atoms with Gasteiger partial charge in [-0.1, -0.05) is 0 Å². The monoisotopic (exact) mass is 472 g/mol. The Kier molecular flexibility index (Phi) is 9.15. The molecule has 0 unspecified atom stereocenters. The zero-order valence-electron chi connectivity index (χ0n) is 17.3. The van der Waals surface area contributed by atoms with E-state index in [2.05, 4.69) is 0 Å². The Morgan fingerprint density at radius 1 is 0.625 bits per heavy atom. The topological polar surface area (TPSA) is 236 Å². The second-order valence-electron chi connectivity index (χ2n) is 8.38. The van der Waals surface area contributed by atoms with Crippen molar-refractivity contribution in [3.63, 3.8) is 0 Å². The fourth-order valence-electron chi connectivity index (χ4n) is 4.27. The molecule has 3 rings (SSSR count). The quantitative estimate of drug-likeness (QED) is 0.166. The van der Waals surface area contributed by atoms with Crippen molar-refractivity contribution in [1.82, 2.24) is 0 Å². The van der Waals surface area contributed by atoms with Gasteiger partial charge in [0.2, 0.25) is 0 Å². The lowest BCUT2D eigenvalue weighted by Gasteiger charge is -2.47. The molecule has 14 heteroatoms. The van der Waals surface area contributed by atoms with Crippen molar-refractivity contribution in [1.29, 1.82) is 0 Å². The molecule has 32 heavy (non-hydrogen) atoms. The number of aliphatic hydroxyl groups excluding tert-OH is 9. The summed E-state index contributed by atoms with van der Waals surface area (Å²) in [7, 11) is 0. The first-order valence-electron chi connectivity index (χ1n) is 10.6. The van der Waals surface area contributed by atoms with E-state index in [1.807, 2.05) is 0 Å². The van der Waals surface area contributed by atoms with Crippen LogP contribution in [0.3, 0.4) is 0 Å². The molecule has 11 N–H and O–H groups in total. The average molecular weight is 472 g/mol. The number of piperidine rings is 1. The summed E-state index contributed by atoms with van der Waals surface area (Å²) < 4.78 is 21.9. The highest BCUT2D eigenvalue weighted by Gasteiger charge is 2.52. The summed E-state index contributed by atoms with van der Waals surface area (Å²) in [5.74, 6) is -0.456. The van der Waals surface area contributed by atoms with E-state index < -0.39 is 92.8 Å². The van der Waals surface area contributed by atoms with Crippen LogP contribution < -0.4 is 5.32 Å². The van der Waals surface area contributed by atoms with Crippen LogP contribution in [0.25, 0.3) is 0 Å².